The molecule has 0 bridgehead atoms. The van der Waals surface area contributed by atoms with Gasteiger partial charge in [0, 0.05) is 12.8 Å². The fraction of sp³-hybridized carbons (Fsp3) is 0.375. The van der Waals surface area contributed by atoms with Crippen LogP contribution in [0.1, 0.15) is 12.8 Å². The first kappa shape index (κ1) is 10.8. The molecule has 0 aromatic rings. The van der Waals surface area contributed by atoms with E-state index in [0.29, 0.717) is 0 Å². The van der Waals surface area contributed by atoms with Crippen molar-refractivity contribution in [2.45, 2.75) is 12.8 Å². The molecule has 3 amide bonds. The average Bonchev–Trinajstić information content (AvgIpc) is 2.51. The monoisotopic (exact) mass is 208 g/mol. The Hall–Kier alpha value is -2.23. The molecule has 1 saturated heterocycles. The Bertz CT molecular complexity index is 369. The Morgan fingerprint density at radius 1 is 1.67 bits per heavy atom. The van der Waals surface area contributed by atoms with E-state index in [-0.39, 0.29) is 25.2 Å². The molecule has 1 aliphatic rings. The van der Waals surface area contributed by atoms with Crippen LogP contribution < -0.4 is 5.32 Å². The van der Waals surface area contributed by atoms with Crippen LogP contribution in [0.4, 0.5) is 4.79 Å². The minimum atomic E-state index is -0.649. The van der Waals surface area contributed by atoms with Gasteiger partial charge in [0.2, 0.25) is 5.91 Å². The van der Waals surface area contributed by atoms with Gasteiger partial charge in [0.1, 0.15) is 6.54 Å². The number of imide groups is 1. The molecule has 0 aromatic carbocycles. The Balaban J connectivity index is 2.44. The molecule has 0 spiro atoms. The molecule has 1 heterocycles. The van der Waals surface area contributed by atoms with Crippen LogP contribution in [0.25, 0.3) is 0 Å². The highest BCUT2D eigenvalue weighted by atomic mass is 16.2. The zero-order valence-electron chi connectivity index (χ0n) is 7.77. The first-order valence-corrected chi connectivity index (χ1v) is 4.18. The highest BCUT2D eigenvalue weighted by molar-refractivity contribution is 6.27. The number of urea groups is 1. The molecule has 0 aliphatic carbocycles. The number of hydrogen-bond acceptors (Lipinski definition) is 5. The van der Waals surface area contributed by atoms with Crippen molar-refractivity contribution in [2.24, 2.45) is 5.10 Å². The van der Waals surface area contributed by atoms with Gasteiger partial charge in [-0.2, -0.15) is 10.4 Å². The molecule has 7 nitrogen and oxygen atoms in total. The number of nitrogens with one attached hydrogen (secondary N) is 1. The van der Waals surface area contributed by atoms with Gasteiger partial charge in [-0.15, -0.1) is 0 Å². The van der Waals surface area contributed by atoms with Crippen molar-refractivity contribution in [3.05, 3.63) is 0 Å². The number of nitriles is 1. The summed E-state index contributed by atoms with van der Waals surface area (Å²) >= 11 is 0. The lowest BCUT2D eigenvalue weighted by atomic mass is 10.2. The number of carbonyl (C=O) groups excluding carboxylic acids is 3. The Labute approximate surface area is 85.3 Å². The molecular weight excluding hydrogens is 200 g/mol. The third-order valence-electron chi connectivity index (χ3n) is 1.60. The zero-order valence-corrected chi connectivity index (χ0v) is 7.77. The molecule has 15 heavy (non-hydrogen) atoms. The Kier molecular flexibility index (Phi) is 3.51. The van der Waals surface area contributed by atoms with E-state index < -0.39 is 11.9 Å². The van der Waals surface area contributed by atoms with Gasteiger partial charge >= 0.3 is 6.03 Å². The molecule has 1 aliphatic heterocycles. The van der Waals surface area contributed by atoms with Crippen molar-refractivity contribution in [2.75, 3.05) is 6.54 Å². The quantitative estimate of drug-likeness (QED) is 0.492. The maximum atomic E-state index is 11.0. The predicted octanol–water partition coefficient (Wildman–Crippen LogP) is -0.603. The maximum Gasteiger partial charge on any atom is 0.344 e. The number of nitrogens with zero attached hydrogens (tertiary/aromatic N) is 3. The van der Waals surface area contributed by atoms with Crippen molar-refractivity contribution in [3.63, 3.8) is 0 Å². The number of hydrogen-bond donors (Lipinski definition) is 1. The third-order valence-corrected chi connectivity index (χ3v) is 1.60. The summed E-state index contributed by atoms with van der Waals surface area (Å²) in [5.74, 6) is -0.815. The van der Waals surface area contributed by atoms with E-state index in [0.717, 1.165) is 11.2 Å². The largest absolute Gasteiger partial charge is 0.344 e. The fourth-order valence-electron chi connectivity index (χ4n) is 0.902. The molecule has 78 valence electrons. The van der Waals surface area contributed by atoms with E-state index in [9.17, 15) is 14.4 Å². The summed E-state index contributed by atoms with van der Waals surface area (Å²) in [5.41, 5.74) is 0. The maximum absolute atomic E-state index is 11.0. The van der Waals surface area contributed by atoms with E-state index in [1.807, 2.05) is 11.4 Å². The van der Waals surface area contributed by atoms with Gasteiger partial charge in [-0.05, 0) is 0 Å². The summed E-state index contributed by atoms with van der Waals surface area (Å²) in [4.78, 5) is 32.6. The number of rotatable bonds is 4. The summed E-state index contributed by atoms with van der Waals surface area (Å²) in [6.07, 6.45) is 1.11. The van der Waals surface area contributed by atoms with E-state index >= 15 is 0 Å². The summed E-state index contributed by atoms with van der Waals surface area (Å²) in [6, 6.07) is 1.16. The summed E-state index contributed by atoms with van der Waals surface area (Å²) in [6.45, 7) is -0.180. The third kappa shape index (κ3) is 3.19. The zero-order chi connectivity index (χ0) is 11.3. The molecule has 0 atom stereocenters. The smallest absolute Gasteiger partial charge is 0.293 e. The lowest BCUT2D eigenvalue weighted by Crippen LogP contribution is -2.24. The molecule has 0 radical (unpaired) electrons. The molecular formula is C8H8N4O3. The van der Waals surface area contributed by atoms with Gasteiger partial charge in [0.15, 0.2) is 5.78 Å². The topological polar surface area (TPSA) is 103 Å². The summed E-state index contributed by atoms with van der Waals surface area (Å²) < 4.78 is 0. The van der Waals surface area contributed by atoms with Gasteiger partial charge in [0.05, 0.1) is 12.3 Å². The lowest BCUT2D eigenvalue weighted by molar-refractivity contribution is -0.118. The SMILES string of the molecule is N#CCCC(=O)C=NN1CC(=O)NC1=O. The van der Waals surface area contributed by atoms with Crippen LogP contribution in [0.3, 0.4) is 0 Å². The highest BCUT2D eigenvalue weighted by Crippen LogP contribution is 1.98. The van der Waals surface area contributed by atoms with Crippen LogP contribution in [-0.2, 0) is 9.59 Å². The van der Waals surface area contributed by atoms with Crippen LogP contribution in [-0.4, -0.2) is 35.5 Å². The lowest BCUT2D eigenvalue weighted by Gasteiger charge is -2.02. The van der Waals surface area contributed by atoms with Crippen molar-refractivity contribution in [3.8, 4) is 6.07 Å². The van der Waals surface area contributed by atoms with Crippen LogP contribution in [0.15, 0.2) is 5.10 Å². The molecule has 0 saturated carbocycles. The van der Waals surface area contributed by atoms with Crippen molar-refractivity contribution in [1.82, 2.24) is 10.3 Å². The van der Waals surface area contributed by atoms with Gasteiger partial charge in [0.25, 0.3) is 0 Å². The van der Waals surface area contributed by atoms with Gasteiger partial charge in [-0.1, -0.05) is 0 Å². The molecule has 1 rings (SSSR count). The van der Waals surface area contributed by atoms with Crippen LogP contribution >= 0.6 is 0 Å². The second-order valence-electron chi connectivity index (χ2n) is 2.78. The Morgan fingerprint density at radius 3 is 2.93 bits per heavy atom. The van der Waals surface area contributed by atoms with Crippen LogP contribution in [0.2, 0.25) is 0 Å². The number of hydrazone groups is 1. The first-order valence-electron chi connectivity index (χ1n) is 4.18. The number of carbonyl (C=O) groups is 3. The van der Waals surface area contributed by atoms with E-state index in [1.165, 1.54) is 0 Å². The Morgan fingerprint density at radius 2 is 2.40 bits per heavy atom. The molecule has 0 unspecified atom stereocenters. The summed E-state index contributed by atoms with van der Waals surface area (Å²) in [7, 11) is 0. The second kappa shape index (κ2) is 4.85. The van der Waals surface area contributed by atoms with Crippen molar-refractivity contribution < 1.29 is 14.4 Å². The molecule has 7 heteroatoms. The molecule has 1 fully saturated rings. The first-order chi connectivity index (χ1) is 7.13. The van der Waals surface area contributed by atoms with Crippen molar-refractivity contribution >= 4 is 23.9 Å². The van der Waals surface area contributed by atoms with Crippen LogP contribution in [0, 0.1) is 11.3 Å². The average molecular weight is 208 g/mol. The normalized spacial score (nSPS) is 15.5. The predicted molar refractivity (Wildman–Crippen MR) is 48.6 cm³/mol. The van der Waals surface area contributed by atoms with Gasteiger partial charge in [-0.25, -0.2) is 9.80 Å². The standard InChI is InChI=1S/C8H8N4O3/c9-3-1-2-6(13)4-10-12-5-7(14)11-8(12)15/h4H,1-2,5H2,(H,11,14,15). The molecule has 1 N–H and O–H groups in total. The number of amides is 3. The number of ketones is 1. The summed E-state index contributed by atoms with van der Waals surface area (Å²) in [5, 5.41) is 14.6. The van der Waals surface area contributed by atoms with Gasteiger partial charge in [-0.3, -0.25) is 14.9 Å². The second-order valence-corrected chi connectivity index (χ2v) is 2.78. The van der Waals surface area contributed by atoms with Crippen LogP contribution in [0.5, 0.6) is 0 Å². The van der Waals surface area contributed by atoms with Crippen molar-refractivity contribution in [1.29, 1.82) is 5.26 Å². The van der Waals surface area contributed by atoms with E-state index in [2.05, 4.69) is 5.10 Å². The van der Waals surface area contributed by atoms with E-state index in [1.54, 1.807) is 0 Å². The van der Waals surface area contributed by atoms with Gasteiger partial charge < -0.3 is 0 Å². The highest BCUT2D eigenvalue weighted by Gasteiger charge is 2.25. The minimum absolute atomic E-state index is 0.0589. The molecule has 0 aromatic heterocycles. The number of Topliss-reactive ketones (excluding diaryl/α,β-unsaturated/α-hetero) is 1. The fourth-order valence-corrected chi connectivity index (χ4v) is 0.902. The van der Waals surface area contributed by atoms with E-state index in [4.69, 9.17) is 5.26 Å². The minimum Gasteiger partial charge on any atom is -0.293 e.